The van der Waals surface area contributed by atoms with Gasteiger partial charge in [-0.05, 0) is 19.8 Å². The summed E-state index contributed by atoms with van der Waals surface area (Å²) in [5, 5.41) is 2.92. The number of thiazole rings is 1. The van der Waals surface area contributed by atoms with Gasteiger partial charge >= 0.3 is 5.13 Å². The van der Waals surface area contributed by atoms with Gasteiger partial charge in [-0.15, -0.1) is 0 Å². The molecular weight excluding hydrogens is 184 g/mol. The van der Waals surface area contributed by atoms with Crippen molar-refractivity contribution in [2.45, 2.75) is 31.8 Å². The first kappa shape index (κ1) is 8.97. The molecular formula is C9H15N2OS+. The monoisotopic (exact) mass is 199 g/mol. The second-order valence-corrected chi connectivity index (χ2v) is 4.49. The molecule has 72 valence electrons. The van der Waals surface area contributed by atoms with Crippen molar-refractivity contribution < 1.29 is 9.72 Å². The molecule has 0 saturated carbocycles. The smallest absolute Gasteiger partial charge is 0.329 e. The Hall–Kier alpha value is -0.610. The highest BCUT2D eigenvalue weighted by molar-refractivity contribution is 7.13. The minimum Gasteiger partial charge on any atom is -0.378 e. The second kappa shape index (κ2) is 3.64. The Kier molecular flexibility index (Phi) is 2.51. The Morgan fingerprint density at radius 2 is 2.54 bits per heavy atom. The van der Waals surface area contributed by atoms with E-state index in [0.717, 1.165) is 24.6 Å². The van der Waals surface area contributed by atoms with E-state index < -0.39 is 0 Å². The van der Waals surface area contributed by atoms with Crippen LogP contribution in [0.1, 0.15) is 31.4 Å². The van der Waals surface area contributed by atoms with Gasteiger partial charge in [0, 0.05) is 17.9 Å². The molecule has 1 saturated heterocycles. The third-order valence-corrected chi connectivity index (χ3v) is 3.23. The number of ether oxygens (including phenoxy) is 1. The van der Waals surface area contributed by atoms with Gasteiger partial charge in [0.05, 0.1) is 6.10 Å². The predicted molar refractivity (Wildman–Crippen MR) is 52.7 cm³/mol. The Labute approximate surface area is 81.9 Å². The number of hydrogen-bond acceptors (Lipinski definition) is 3. The molecule has 1 aromatic heterocycles. The summed E-state index contributed by atoms with van der Waals surface area (Å²) in [6.45, 7) is 3.00. The van der Waals surface area contributed by atoms with Gasteiger partial charge < -0.3 is 4.74 Å². The van der Waals surface area contributed by atoms with E-state index in [9.17, 15) is 0 Å². The van der Waals surface area contributed by atoms with Crippen LogP contribution in [0.5, 0.6) is 0 Å². The van der Waals surface area contributed by atoms with Crippen molar-refractivity contribution in [3.05, 3.63) is 11.1 Å². The Morgan fingerprint density at radius 1 is 1.69 bits per heavy atom. The van der Waals surface area contributed by atoms with Crippen molar-refractivity contribution in [2.75, 3.05) is 12.3 Å². The van der Waals surface area contributed by atoms with E-state index in [1.165, 1.54) is 5.69 Å². The van der Waals surface area contributed by atoms with E-state index in [4.69, 9.17) is 10.5 Å². The molecule has 2 unspecified atom stereocenters. The fourth-order valence-corrected chi connectivity index (χ4v) is 2.49. The number of aromatic amines is 1. The molecule has 4 heteroatoms. The number of hydrogen-bond donors (Lipinski definition) is 1. The topological polar surface area (TPSA) is 49.4 Å². The summed E-state index contributed by atoms with van der Waals surface area (Å²) in [7, 11) is 0. The third-order valence-electron chi connectivity index (χ3n) is 2.51. The molecule has 3 nitrogen and oxygen atoms in total. The largest absolute Gasteiger partial charge is 0.378 e. The molecule has 1 aromatic rings. The Balaban J connectivity index is 2.08. The highest BCUT2D eigenvalue weighted by atomic mass is 32.1. The fourth-order valence-electron chi connectivity index (χ4n) is 1.81. The van der Waals surface area contributed by atoms with Crippen molar-refractivity contribution in [2.24, 2.45) is 0 Å². The molecule has 0 aromatic carbocycles. The van der Waals surface area contributed by atoms with Crippen LogP contribution in [0.4, 0.5) is 5.13 Å². The average molecular weight is 199 g/mol. The Bertz CT molecular complexity index is 287. The highest BCUT2D eigenvalue weighted by Crippen LogP contribution is 2.28. The van der Waals surface area contributed by atoms with E-state index in [-0.39, 0.29) is 0 Å². The summed E-state index contributed by atoms with van der Waals surface area (Å²) in [6.07, 6.45) is 2.59. The first-order valence-electron chi connectivity index (χ1n) is 4.63. The molecule has 2 atom stereocenters. The molecule has 0 spiro atoms. The molecule has 2 heterocycles. The van der Waals surface area contributed by atoms with Gasteiger partial charge in [-0.2, -0.15) is 0 Å². The average Bonchev–Trinajstić information content (AvgIpc) is 2.52. The minimum absolute atomic E-state index is 0.383. The lowest BCUT2D eigenvalue weighted by Gasteiger charge is -2.24. The second-order valence-electron chi connectivity index (χ2n) is 3.58. The number of aromatic nitrogens is 1. The molecule has 3 N–H and O–H groups in total. The van der Waals surface area contributed by atoms with Crippen LogP contribution in [0.2, 0.25) is 0 Å². The van der Waals surface area contributed by atoms with E-state index in [1.807, 2.05) is 0 Å². The number of rotatable bonds is 1. The minimum atomic E-state index is 0.383. The number of nitrogens with two attached hydrogens (primary N) is 1. The lowest BCUT2D eigenvalue weighted by atomic mass is 9.94. The van der Waals surface area contributed by atoms with Crippen molar-refractivity contribution in [1.29, 1.82) is 0 Å². The zero-order chi connectivity index (χ0) is 9.26. The molecule has 1 fully saturated rings. The van der Waals surface area contributed by atoms with Crippen LogP contribution in [0, 0.1) is 0 Å². The summed E-state index contributed by atoms with van der Waals surface area (Å²) in [5.74, 6) is 0.609. The Morgan fingerprint density at radius 3 is 3.15 bits per heavy atom. The van der Waals surface area contributed by atoms with Crippen LogP contribution < -0.4 is 10.7 Å². The molecule has 2 rings (SSSR count). The number of H-pyrrole nitrogens is 1. The lowest BCUT2D eigenvalue weighted by Crippen LogP contribution is -2.25. The molecule has 0 amide bonds. The lowest BCUT2D eigenvalue weighted by molar-refractivity contribution is -0.371. The quantitative estimate of drug-likeness (QED) is 0.743. The molecule has 1 aliphatic rings. The first-order chi connectivity index (χ1) is 6.25. The van der Waals surface area contributed by atoms with Gasteiger partial charge in [0.2, 0.25) is 0 Å². The fraction of sp³-hybridized carbons (Fsp3) is 0.667. The van der Waals surface area contributed by atoms with Gasteiger partial charge in [0.25, 0.3) is 0 Å². The maximum Gasteiger partial charge on any atom is 0.329 e. The van der Waals surface area contributed by atoms with Crippen LogP contribution in [-0.4, -0.2) is 12.7 Å². The summed E-state index contributed by atoms with van der Waals surface area (Å²) in [6, 6.07) is 0. The van der Waals surface area contributed by atoms with Crippen molar-refractivity contribution in [1.82, 2.24) is 0 Å². The number of nitrogens with one attached hydrogen (secondary N) is 1. The molecule has 0 radical (unpaired) electrons. The van der Waals surface area contributed by atoms with Crippen LogP contribution in [0.25, 0.3) is 0 Å². The molecule has 1 aliphatic heterocycles. The van der Waals surface area contributed by atoms with Crippen LogP contribution in [0.3, 0.4) is 0 Å². The van der Waals surface area contributed by atoms with E-state index in [1.54, 1.807) is 11.3 Å². The van der Waals surface area contributed by atoms with Gasteiger partial charge in [-0.1, -0.05) is 11.3 Å². The van der Waals surface area contributed by atoms with Gasteiger partial charge in [0.15, 0.2) is 0 Å². The van der Waals surface area contributed by atoms with Crippen LogP contribution in [-0.2, 0) is 4.74 Å². The summed E-state index contributed by atoms with van der Waals surface area (Å²) < 4.78 is 5.49. The summed E-state index contributed by atoms with van der Waals surface area (Å²) in [5.41, 5.74) is 6.93. The van der Waals surface area contributed by atoms with Crippen molar-refractivity contribution in [3.63, 3.8) is 0 Å². The molecule has 13 heavy (non-hydrogen) atoms. The number of anilines is 1. The van der Waals surface area contributed by atoms with E-state index >= 15 is 0 Å². The maximum atomic E-state index is 5.65. The first-order valence-corrected chi connectivity index (χ1v) is 5.51. The van der Waals surface area contributed by atoms with Gasteiger partial charge in [-0.25, -0.2) is 4.98 Å². The summed E-state index contributed by atoms with van der Waals surface area (Å²) in [4.78, 5) is 3.21. The maximum absolute atomic E-state index is 5.65. The van der Waals surface area contributed by atoms with Crippen molar-refractivity contribution in [3.8, 4) is 0 Å². The normalized spacial score (nSPS) is 29.0. The summed E-state index contributed by atoms with van der Waals surface area (Å²) >= 11 is 1.58. The number of nitrogen functional groups attached to an aromatic ring is 1. The SMILES string of the molecule is CC1CC(c2csc(N)[nH+]2)CCO1. The van der Waals surface area contributed by atoms with Gasteiger partial charge in [-0.3, -0.25) is 5.73 Å². The van der Waals surface area contributed by atoms with Gasteiger partial charge in [0.1, 0.15) is 5.69 Å². The van der Waals surface area contributed by atoms with Crippen LogP contribution >= 0.6 is 11.3 Å². The zero-order valence-electron chi connectivity index (χ0n) is 7.75. The predicted octanol–water partition coefficient (Wildman–Crippen LogP) is 1.43. The molecule has 0 aliphatic carbocycles. The standard InChI is InChI=1S/C9H14N2OS/c1-6-4-7(2-3-12-6)8-5-13-9(10)11-8/h5-7H,2-4H2,1H3,(H2,10,11)/p+1. The van der Waals surface area contributed by atoms with E-state index in [2.05, 4.69) is 17.3 Å². The zero-order valence-corrected chi connectivity index (χ0v) is 8.56. The van der Waals surface area contributed by atoms with Crippen LogP contribution in [0.15, 0.2) is 5.38 Å². The van der Waals surface area contributed by atoms with E-state index in [0.29, 0.717) is 12.0 Å². The highest BCUT2D eigenvalue weighted by Gasteiger charge is 2.24. The third kappa shape index (κ3) is 2.00. The van der Waals surface area contributed by atoms with Crippen molar-refractivity contribution >= 4 is 16.5 Å². The molecule has 0 bridgehead atoms.